The fourth-order valence-electron chi connectivity index (χ4n) is 6.10. The molecule has 47 heavy (non-hydrogen) atoms. The average Bonchev–Trinajstić information content (AvgIpc) is 3.37. The summed E-state index contributed by atoms with van der Waals surface area (Å²) in [4.78, 5) is 32.9. The van der Waals surface area contributed by atoms with Crippen molar-refractivity contribution in [3.8, 4) is 5.75 Å². The number of halogens is 2. The molecule has 1 aliphatic heterocycles. The van der Waals surface area contributed by atoms with Crippen molar-refractivity contribution in [1.82, 2.24) is 4.57 Å². The molecule has 0 saturated carbocycles. The van der Waals surface area contributed by atoms with Crippen molar-refractivity contribution >= 4 is 90.1 Å². The zero-order valence-electron chi connectivity index (χ0n) is 25.5. The van der Waals surface area contributed by atoms with Gasteiger partial charge in [0.2, 0.25) is 0 Å². The third-order valence-corrected chi connectivity index (χ3v) is 10.8. The first-order valence-corrected chi connectivity index (χ1v) is 18.1. The van der Waals surface area contributed by atoms with E-state index in [2.05, 4.69) is 75.5 Å². The molecule has 0 amide bonds. The molecular weight excluding hydrogens is 834 g/mol. The van der Waals surface area contributed by atoms with Crippen LogP contribution in [0.4, 0.5) is 0 Å². The predicted octanol–water partition coefficient (Wildman–Crippen LogP) is 7.89. The van der Waals surface area contributed by atoms with Crippen molar-refractivity contribution in [3.63, 3.8) is 0 Å². The number of hydrogen-bond acceptors (Lipinski definition) is 6. The first-order chi connectivity index (χ1) is 22.8. The van der Waals surface area contributed by atoms with Crippen LogP contribution in [0.3, 0.4) is 0 Å². The minimum Gasteiger partial charge on any atom is -0.487 e. The molecule has 6 nitrogen and oxygen atoms in total. The maximum atomic E-state index is 14.3. The molecule has 1 aliphatic rings. The van der Waals surface area contributed by atoms with E-state index in [0.29, 0.717) is 27.2 Å². The number of thiazole rings is 1. The summed E-state index contributed by atoms with van der Waals surface area (Å²) in [6.07, 6.45) is 1.90. The third kappa shape index (κ3) is 6.04. The van der Waals surface area contributed by atoms with Gasteiger partial charge in [-0.15, -0.1) is 0 Å². The minimum atomic E-state index is -0.677. The summed E-state index contributed by atoms with van der Waals surface area (Å²) in [5.41, 5.74) is 3.57. The molecule has 1 atom stereocenters. The number of benzene rings is 5. The Kier molecular flexibility index (Phi) is 9.03. The summed E-state index contributed by atoms with van der Waals surface area (Å²) in [7, 11) is 0. The summed E-state index contributed by atoms with van der Waals surface area (Å²) >= 11 is 5.91. The lowest BCUT2D eigenvalue weighted by Crippen LogP contribution is -2.40. The van der Waals surface area contributed by atoms with Gasteiger partial charge in [0.25, 0.3) is 5.56 Å². The van der Waals surface area contributed by atoms with Gasteiger partial charge < -0.3 is 9.47 Å². The SMILES string of the molecule is CCOC(=O)C1=C(C)N=c2s/c(=C\c3cc(I)c(OCc4cccc5ccccc45)c(I)c3)c(=O)n2[C@H]1c1cccc2ccccc12. The highest BCUT2D eigenvalue weighted by atomic mass is 127. The van der Waals surface area contributed by atoms with Crippen molar-refractivity contribution in [3.05, 3.63) is 152 Å². The molecule has 0 bridgehead atoms. The molecule has 7 rings (SSSR count). The van der Waals surface area contributed by atoms with E-state index in [0.717, 1.165) is 40.4 Å². The molecule has 0 aliphatic carbocycles. The van der Waals surface area contributed by atoms with Crippen molar-refractivity contribution in [2.75, 3.05) is 6.61 Å². The number of esters is 1. The second kappa shape index (κ2) is 13.4. The van der Waals surface area contributed by atoms with Crippen LogP contribution >= 0.6 is 56.5 Å². The highest BCUT2D eigenvalue weighted by Gasteiger charge is 2.34. The van der Waals surface area contributed by atoms with Crippen LogP contribution in [0, 0.1) is 7.14 Å². The first-order valence-electron chi connectivity index (χ1n) is 15.1. The Labute approximate surface area is 302 Å². The molecule has 0 fully saturated rings. The van der Waals surface area contributed by atoms with Gasteiger partial charge in [0.1, 0.15) is 12.4 Å². The quantitative estimate of drug-likeness (QED) is 0.121. The highest BCUT2D eigenvalue weighted by molar-refractivity contribution is 14.1. The number of carbonyl (C=O) groups is 1. The second-order valence-corrected chi connectivity index (χ2v) is 14.4. The second-order valence-electron chi connectivity index (χ2n) is 11.1. The number of ether oxygens (including phenoxy) is 2. The van der Waals surface area contributed by atoms with Crippen LogP contribution in [0.2, 0.25) is 0 Å². The molecule has 234 valence electrons. The average molecular weight is 863 g/mol. The Balaban J connectivity index is 1.29. The van der Waals surface area contributed by atoms with E-state index in [9.17, 15) is 9.59 Å². The van der Waals surface area contributed by atoms with Gasteiger partial charge in [0, 0.05) is 0 Å². The molecule has 0 saturated heterocycles. The molecule has 0 unspecified atom stereocenters. The topological polar surface area (TPSA) is 69.9 Å². The smallest absolute Gasteiger partial charge is 0.338 e. The van der Waals surface area contributed by atoms with Crippen LogP contribution in [0.25, 0.3) is 27.6 Å². The molecular formula is C38H28I2N2O4S. The van der Waals surface area contributed by atoms with Gasteiger partial charge in [-0.3, -0.25) is 9.36 Å². The lowest BCUT2D eigenvalue weighted by atomic mass is 9.91. The van der Waals surface area contributed by atoms with Crippen molar-refractivity contribution in [2.24, 2.45) is 4.99 Å². The van der Waals surface area contributed by atoms with Crippen LogP contribution in [0.1, 0.15) is 36.6 Å². The Hall–Kier alpha value is -3.81. The monoisotopic (exact) mass is 862 g/mol. The molecule has 9 heteroatoms. The van der Waals surface area contributed by atoms with Crippen molar-refractivity contribution in [1.29, 1.82) is 0 Å². The van der Waals surface area contributed by atoms with Gasteiger partial charge in [-0.25, -0.2) is 9.79 Å². The van der Waals surface area contributed by atoms with Crippen molar-refractivity contribution < 1.29 is 14.3 Å². The molecule has 2 heterocycles. The molecule has 1 aromatic heterocycles. The first kappa shape index (κ1) is 31.8. The molecule has 5 aromatic carbocycles. The Morgan fingerprint density at radius 2 is 1.55 bits per heavy atom. The van der Waals surface area contributed by atoms with E-state index in [1.807, 2.05) is 79.7 Å². The maximum absolute atomic E-state index is 14.3. The molecule has 6 aromatic rings. The Morgan fingerprint density at radius 1 is 0.915 bits per heavy atom. The zero-order valence-corrected chi connectivity index (χ0v) is 30.6. The molecule has 0 N–H and O–H groups in total. The van der Waals surface area contributed by atoms with Gasteiger partial charge in [-0.2, -0.15) is 0 Å². The fourth-order valence-corrected chi connectivity index (χ4v) is 9.27. The number of allylic oxidation sites excluding steroid dienone is 1. The fraction of sp³-hybridized carbons (Fsp3) is 0.132. The van der Waals surface area contributed by atoms with Gasteiger partial charge >= 0.3 is 5.97 Å². The summed E-state index contributed by atoms with van der Waals surface area (Å²) < 4.78 is 15.9. The van der Waals surface area contributed by atoms with Crippen LogP contribution in [-0.2, 0) is 16.1 Å². The van der Waals surface area contributed by atoms with Crippen LogP contribution < -0.4 is 19.6 Å². The number of carbonyl (C=O) groups excluding carboxylic acids is 1. The highest BCUT2D eigenvalue weighted by Crippen LogP contribution is 2.35. The predicted molar refractivity (Wildman–Crippen MR) is 205 cm³/mol. The molecule has 0 radical (unpaired) electrons. The largest absolute Gasteiger partial charge is 0.487 e. The number of nitrogens with zero attached hydrogens (tertiary/aromatic N) is 2. The Bertz CT molecular complexity index is 2400. The number of rotatable bonds is 7. The summed E-state index contributed by atoms with van der Waals surface area (Å²) in [5, 5.41) is 4.35. The van der Waals surface area contributed by atoms with Gasteiger partial charge in [0.05, 0.1) is 35.6 Å². The van der Waals surface area contributed by atoms with E-state index < -0.39 is 12.0 Å². The maximum Gasteiger partial charge on any atom is 0.338 e. The standard InChI is InChI=1S/C38H28I2N2O4S/c1-3-45-37(44)33-22(2)41-38-42(34(33)29-17-9-13-25-11-5-7-16-28(25)29)36(43)32(47-38)20-23-18-30(39)35(31(40)19-23)46-21-26-14-8-12-24-10-4-6-15-27(24)26/h4-20,34H,3,21H2,1-2H3/b32-20-/t34-/m0/s1. The minimum absolute atomic E-state index is 0.206. The van der Waals surface area contributed by atoms with E-state index >= 15 is 0 Å². The number of aromatic nitrogens is 1. The summed E-state index contributed by atoms with van der Waals surface area (Å²) in [6, 6.07) is 31.9. The van der Waals surface area contributed by atoms with Gasteiger partial charge in [-0.05, 0) is 115 Å². The van der Waals surface area contributed by atoms with Crippen LogP contribution in [0.5, 0.6) is 5.75 Å². The van der Waals surface area contributed by atoms with E-state index in [-0.39, 0.29) is 12.2 Å². The number of hydrogen-bond donors (Lipinski definition) is 0. The Morgan fingerprint density at radius 3 is 2.28 bits per heavy atom. The number of fused-ring (bicyclic) bond motifs is 3. The van der Waals surface area contributed by atoms with Gasteiger partial charge in [-0.1, -0.05) is 96.3 Å². The van der Waals surface area contributed by atoms with Gasteiger partial charge in [0.15, 0.2) is 4.80 Å². The van der Waals surface area contributed by atoms with E-state index in [1.54, 1.807) is 11.5 Å². The normalized spacial score (nSPS) is 14.7. The van der Waals surface area contributed by atoms with Crippen molar-refractivity contribution in [2.45, 2.75) is 26.5 Å². The lowest BCUT2D eigenvalue weighted by molar-refractivity contribution is -0.139. The molecule has 0 spiro atoms. The third-order valence-electron chi connectivity index (χ3n) is 8.21. The lowest BCUT2D eigenvalue weighted by Gasteiger charge is -2.25. The summed E-state index contributed by atoms with van der Waals surface area (Å²) in [6.45, 7) is 4.25. The summed E-state index contributed by atoms with van der Waals surface area (Å²) in [5.74, 6) is 0.340. The van der Waals surface area contributed by atoms with E-state index in [4.69, 9.17) is 14.5 Å². The van der Waals surface area contributed by atoms with Crippen LogP contribution in [-0.4, -0.2) is 17.1 Å². The zero-order chi connectivity index (χ0) is 32.7. The van der Waals surface area contributed by atoms with E-state index in [1.165, 1.54) is 22.1 Å². The van der Waals surface area contributed by atoms with Crippen LogP contribution in [0.15, 0.2) is 118 Å².